The lowest BCUT2D eigenvalue weighted by molar-refractivity contribution is -0.141. The van der Waals surface area contributed by atoms with Crippen LogP contribution in [-0.2, 0) is 16.1 Å². The van der Waals surface area contributed by atoms with E-state index in [1.54, 1.807) is 12.1 Å². The number of benzene rings is 1. The molecule has 6 heteroatoms. The number of aliphatic carboxylic acids is 1. The third kappa shape index (κ3) is 4.55. The van der Waals surface area contributed by atoms with Gasteiger partial charge in [-0.1, -0.05) is 12.1 Å². The molecule has 132 valence electrons. The third-order valence-electron chi connectivity index (χ3n) is 4.36. The molecule has 1 aliphatic heterocycles. The van der Waals surface area contributed by atoms with Crippen molar-refractivity contribution in [3.63, 3.8) is 0 Å². The number of carboxylic acids is 1. The second-order valence-corrected chi connectivity index (χ2v) is 6.58. The average molecular weight is 334 g/mol. The first kappa shape index (κ1) is 18.4. The fourth-order valence-corrected chi connectivity index (χ4v) is 2.97. The van der Waals surface area contributed by atoms with Gasteiger partial charge in [0.15, 0.2) is 0 Å². The zero-order valence-corrected chi connectivity index (χ0v) is 14.7. The summed E-state index contributed by atoms with van der Waals surface area (Å²) in [5.74, 6) is -1.30. The van der Waals surface area contributed by atoms with Crippen molar-refractivity contribution in [1.29, 1.82) is 0 Å². The molecule has 0 aromatic heterocycles. The highest BCUT2D eigenvalue weighted by molar-refractivity contribution is 5.96. The second-order valence-electron chi connectivity index (χ2n) is 6.58. The van der Waals surface area contributed by atoms with E-state index in [0.29, 0.717) is 5.56 Å². The lowest BCUT2D eigenvalue weighted by Crippen LogP contribution is -2.44. The number of morpholine rings is 1. The van der Waals surface area contributed by atoms with E-state index in [2.05, 4.69) is 18.7 Å². The number of carboxylic acid groups (broad SMARTS) is 1. The van der Waals surface area contributed by atoms with Crippen LogP contribution in [0.1, 0.15) is 36.7 Å². The highest BCUT2D eigenvalue weighted by atomic mass is 16.5. The highest BCUT2D eigenvalue weighted by Gasteiger charge is 2.24. The molecule has 1 aliphatic rings. The van der Waals surface area contributed by atoms with E-state index >= 15 is 0 Å². The van der Waals surface area contributed by atoms with Crippen LogP contribution in [0.2, 0.25) is 0 Å². The van der Waals surface area contributed by atoms with E-state index in [1.807, 2.05) is 12.1 Å². The summed E-state index contributed by atoms with van der Waals surface area (Å²) in [5.41, 5.74) is 1.62. The number of carbonyl (C=O) groups excluding carboxylic acids is 1. The minimum atomic E-state index is -1.02. The van der Waals surface area contributed by atoms with Crippen LogP contribution >= 0.6 is 0 Å². The largest absolute Gasteiger partial charge is 0.480 e. The van der Waals surface area contributed by atoms with Crippen LogP contribution in [0.25, 0.3) is 0 Å². The first-order chi connectivity index (χ1) is 11.3. The van der Waals surface area contributed by atoms with Gasteiger partial charge < -0.3 is 14.7 Å². The molecule has 1 fully saturated rings. The third-order valence-corrected chi connectivity index (χ3v) is 4.36. The molecule has 1 heterocycles. The fraction of sp³-hybridized carbons (Fsp3) is 0.556. The minimum absolute atomic E-state index is 0.223. The molecule has 2 rings (SSSR count). The van der Waals surface area contributed by atoms with Crippen molar-refractivity contribution in [3.05, 3.63) is 35.4 Å². The molecule has 0 radical (unpaired) electrons. The van der Waals surface area contributed by atoms with E-state index in [9.17, 15) is 9.59 Å². The van der Waals surface area contributed by atoms with E-state index in [0.717, 1.165) is 25.2 Å². The summed E-state index contributed by atoms with van der Waals surface area (Å²) in [4.78, 5) is 26.9. The van der Waals surface area contributed by atoms with E-state index in [-0.39, 0.29) is 18.1 Å². The molecular weight excluding hydrogens is 308 g/mol. The van der Waals surface area contributed by atoms with Crippen molar-refractivity contribution in [1.82, 2.24) is 9.80 Å². The summed E-state index contributed by atoms with van der Waals surface area (Å²) in [5, 5.41) is 9.01. The van der Waals surface area contributed by atoms with Crippen LogP contribution in [-0.4, -0.2) is 65.2 Å². The van der Waals surface area contributed by atoms with Gasteiger partial charge in [-0.05, 0) is 38.5 Å². The normalized spacial score (nSPS) is 22.8. The van der Waals surface area contributed by atoms with Crippen molar-refractivity contribution in [3.8, 4) is 0 Å². The Bertz CT molecular complexity index is 577. The molecule has 24 heavy (non-hydrogen) atoms. The molecular formula is C18H26N2O4. The molecule has 3 atom stereocenters. The molecule has 0 aliphatic carbocycles. The Morgan fingerprint density at radius 3 is 2.29 bits per heavy atom. The second kappa shape index (κ2) is 7.77. The summed E-state index contributed by atoms with van der Waals surface area (Å²) in [6, 6.07) is 6.52. The Morgan fingerprint density at radius 2 is 1.79 bits per heavy atom. The summed E-state index contributed by atoms with van der Waals surface area (Å²) >= 11 is 0. The molecule has 1 aromatic carbocycles. The molecule has 6 nitrogen and oxygen atoms in total. The number of rotatable bonds is 5. The predicted molar refractivity (Wildman–Crippen MR) is 90.9 cm³/mol. The van der Waals surface area contributed by atoms with Gasteiger partial charge in [-0.25, -0.2) is 4.79 Å². The van der Waals surface area contributed by atoms with Gasteiger partial charge in [0.2, 0.25) is 0 Å². The predicted octanol–water partition coefficient (Wildman–Crippen LogP) is 1.84. The molecule has 1 saturated heterocycles. The van der Waals surface area contributed by atoms with Crippen molar-refractivity contribution in [2.75, 3.05) is 20.1 Å². The molecule has 0 spiro atoms. The first-order valence-electron chi connectivity index (χ1n) is 8.24. The monoisotopic (exact) mass is 334 g/mol. The van der Waals surface area contributed by atoms with E-state index < -0.39 is 12.0 Å². The SMILES string of the molecule is C[C@@H]1CN(Cc2ccc(C(=O)N(C)[C@@H](C)C(=O)O)cc2)C[C@@H](C)O1. The average Bonchev–Trinajstić information content (AvgIpc) is 2.52. The zero-order valence-electron chi connectivity index (χ0n) is 14.7. The summed E-state index contributed by atoms with van der Waals surface area (Å²) in [7, 11) is 1.51. The number of hydrogen-bond acceptors (Lipinski definition) is 4. The maximum atomic E-state index is 12.3. The summed E-state index contributed by atoms with van der Waals surface area (Å²) in [6.07, 6.45) is 0.446. The van der Waals surface area contributed by atoms with Gasteiger partial charge in [0.1, 0.15) is 6.04 Å². The van der Waals surface area contributed by atoms with E-state index in [4.69, 9.17) is 9.84 Å². The quantitative estimate of drug-likeness (QED) is 0.890. The summed E-state index contributed by atoms with van der Waals surface area (Å²) in [6.45, 7) is 8.24. The fourth-order valence-electron chi connectivity index (χ4n) is 2.97. The maximum absolute atomic E-state index is 12.3. The van der Waals surface area contributed by atoms with Crippen molar-refractivity contribution in [2.45, 2.75) is 45.6 Å². The Balaban J connectivity index is 2.00. The molecule has 0 bridgehead atoms. The van der Waals surface area contributed by atoms with Crippen LogP contribution in [0.15, 0.2) is 24.3 Å². The highest BCUT2D eigenvalue weighted by Crippen LogP contribution is 2.15. The Morgan fingerprint density at radius 1 is 1.25 bits per heavy atom. The number of amides is 1. The maximum Gasteiger partial charge on any atom is 0.326 e. The van der Waals surface area contributed by atoms with Gasteiger partial charge in [-0.3, -0.25) is 9.69 Å². The number of hydrogen-bond donors (Lipinski definition) is 1. The lowest BCUT2D eigenvalue weighted by atomic mass is 10.1. The lowest BCUT2D eigenvalue weighted by Gasteiger charge is -2.35. The van der Waals surface area contributed by atoms with Gasteiger partial charge in [-0.2, -0.15) is 0 Å². The van der Waals surface area contributed by atoms with Crippen molar-refractivity contribution < 1.29 is 19.4 Å². The van der Waals surface area contributed by atoms with Crippen molar-refractivity contribution in [2.24, 2.45) is 0 Å². The topological polar surface area (TPSA) is 70.1 Å². The Hall–Kier alpha value is -1.92. The molecule has 0 unspecified atom stereocenters. The number of nitrogens with zero attached hydrogens (tertiary/aromatic N) is 2. The Labute approximate surface area is 143 Å². The first-order valence-corrected chi connectivity index (χ1v) is 8.24. The number of carbonyl (C=O) groups is 2. The van der Waals surface area contributed by atoms with Crippen LogP contribution in [0, 0.1) is 0 Å². The molecule has 1 aromatic rings. The van der Waals surface area contributed by atoms with E-state index in [1.165, 1.54) is 18.9 Å². The van der Waals surface area contributed by atoms with Gasteiger partial charge in [0.05, 0.1) is 12.2 Å². The zero-order chi connectivity index (χ0) is 17.9. The molecule has 1 N–H and O–H groups in total. The Kier molecular flexibility index (Phi) is 5.96. The standard InChI is InChI=1S/C18H26N2O4/c1-12-9-20(10-13(2)24-12)11-15-5-7-16(8-6-15)17(21)19(4)14(3)18(22)23/h5-8,12-14H,9-11H2,1-4H3,(H,22,23)/t12-,13-,14+/m1/s1. The van der Waals surface area contributed by atoms with Crippen LogP contribution in [0.5, 0.6) is 0 Å². The summed E-state index contributed by atoms with van der Waals surface area (Å²) < 4.78 is 5.73. The van der Waals surface area contributed by atoms with Gasteiger partial charge in [0.25, 0.3) is 5.91 Å². The van der Waals surface area contributed by atoms with Gasteiger partial charge in [-0.15, -0.1) is 0 Å². The van der Waals surface area contributed by atoms with Gasteiger partial charge >= 0.3 is 5.97 Å². The van der Waals surface area contributed by atoms with Gasteiger partial charge in [0, 0.05) is 32.2 Å². The van der Waals surface area contributed by atoms with Crippen LogP contribution in [0.4, 0.5) is 0 Å². The van der Waals surface area contributed by atoms with Crippen molar-refractivity contribution >= 4 is 11.9 Å². The number of likely N-dealkylation sites (N-methyl/N-ethyl adjacent to an activating group) is 1. The minimum Gasteiger partial charge on any atom is -0.480 e. The van der Waals surface area contributed by atoms with Crippen LogP contribution < -0.4 is 0 Å². The van der Waals surface area contributed by atoms with Crippen LogP contribution in [0.3, 0.4) is 0 Å². The smallest absolute Gasteiger partial charge is 0.326 e. The number of ether oxygens (including phenoxy) is 1. The molecule has 1 amide bonds. The molecule has 0 saturated carbocycles.